The number of carbonyl (C=O) groups is 3. The van der Waals surface area contributed by atoms with E-state index in [2.05, 4.69) is 83.5 Å². The van der Waals surface area contributed by atoms with Crippen molar-refractivity contribution >= 4 is 40.9 Å². The SMILES string of the molecule is Cc1cc(-c2ccnc(Nc3ccc(C4CCN(CC5CCN(c6ccc(N7CCC(=O)NC7=O)cc6)CC5)CC4)cc3)n2)ccc1CNC(=O)c1cn(C(C)(C)C)nn1. The molecule has 0 atom stereocenters. The molecule has 3 aliphatic rings. The summed E-state index contributed by atoms with van der Waals surface area (Å²) in [5.41, 5.74) is 8.24. The Morgan fingerprint density at radius 2 is 1.60 bits per heavy atom. The van der Waals surface area contributed by atoms with Crippen LogP contribution in [0.25, 0.3) is 11.3 Å². The van der Waals surface area contributed by atoms with Crippen LogP contribution in [-0.4, -0.2) is 87.0 Å². The Hall–Kier alpha value is -6.15. The summed E-state index contributed by atoms with van der Waals surface area (Å²) in [7, 11) is 0. The molecule has 0 saturated carbocycles. The van der Waals surface area contributed by atoms with Gasteiger partial charge in [-0.05, 0) is 144 Å². The summed E-state index contributed by atoms with van der Waals surface area (Å²) in [5.74, 6) is 1.33. The number of nitrogens with one attached hydrogen (secondary N) is 3. The van der Waals surface area contributed by atoms with Crippen molar-refractivity contribution in [2.24, 2.45) is 5.92 Å². The highest BCUT2D eigenvalue weighted by molar-refractivity contribution is 6.05. The molecule has 5 heterocycles. The monoisotopic (exact) mass is 809 g/mol. The van der Waals surface area contributed by atoms with Gasteiger partial charge in [0.25, 0.3) is 5.91 Å². The standard InChI is InChI=1S/C46H55N11O3/c1-31-27-35(5-6-36(31)28-48-43(59)41-30-57(53-52-41)46(2,3)4)40-15-21-47-44(50-40)49-37-9-7-33(8-10-37)34-18-22-54(23-19-34)29-32-16-24-55(25-17-32)38-11-13-39(14-12-38)56-26-20-42(58)51-45(56)60/h5-15,21,27,30,32,34H,16-20,22-26,28-29H2,1-4H3,(H,48,59)(H,47,49,50)(H,51,58,60). The van der Waals surface area contributed by atoms with Gasteiger partial charge in [-0.15, -0.1) is 5.10 Å². The molecule has 3 aliphatic heterocycles. The smallest absolute Gasteiger partial charge is 0.328 e. The molecule has 0 unspecified atom stereocenters. The van der Waals surface area contributed by atoms with Gasteiger partial charge in [-0.2, -0.15) is 0 Å². The van der Waals surface area contributed by atoms with Crippen molar-refractivity contribution in [2.45, 2.75) is 77.8 Å². The van der Waals surface area contributed by atoms with Crippen LogP contribution in [0, 0.1) is 12.8 Å². The van der Waals surface area contributed by atoms with Gasteiger partial charge in [-0.1, -0.05) is 29.5 Å². The molecule has 8 rings (SSSR count). The summed E-state index contributed by atoms with van der Waals surface area (Å²) in [6, 6.07) is 24.6. The zero-order valence-corrected chi connectivity index (χ0v) is 35.0. The number of urea groups is 1. The fourth-order valence-corrected chi connectivity index (χ4v) is 8.40. The van der Waals surface area contributed by atoms with Crippen LogP contribution in [0.3, 0.4) is 0 Å². The van der Waals surface area contributed by atoms with Crippen molar-refractivity contribution in [3.05, 3.63) is 108 Å². The van der Waals surface area contributed by atoms with E-state index in [0.717, 1.165) is 79.3 Å². The Morgan fingerprint density at radius 3 is 2.28 bits per heavy atom. The van der Waals surface area contributed by atoms with E-state index in [1.807, 2.05) is 58.0 Å². The second-order valence-corrected chi connectivity index (χ2v) is 17.3. The fourth-order valence-electron chi connectivity index (χ4n) is 8.40. The molecule has 312 valence electrons. The Bertz CT molecular complexity index is 2300. The summed E-state index contributed by atoms with van der Waals surface area (Å²) in [5, 5.41) is 16.9. The molecule has 0 spiro atoms. The molecular weight excluding hydrogens is 755 g/mol. The number of benzene rings is 3. The first-order chi connectivity index (χ1) is 28.9. The molecule has 14 nitrogen and oxygen atoms in total. The Labute approximate surface area is 351 Å². The predicted octanol–water partition coefficient (Wildman–Crippen LogP) is 7.01. The van der Waals surface area contributed by atoms with Crippen LogP contribution in [0.2, 0.25) is 0 Å². The van der Waals surface area contributed by atoms with Gasteiger partial charge in [0, 0.05) is 68.0 Å². The van der Waals surface area contributed by atoms with Crippen molar-refractivity contribution in [2.75, 3.05) is 54.4 Å². The van der Waals surface area contributed by atoms with Crippen molar-refractivity contribution in [3.8, 4) is 11.3 Å². The fraction of sp³-hybridized carbons (Fsp3) is 0.413. The number of aromatic nitrogens is 5. The number of carbonyl (C=O) groups excluding carboxylic acids is 3. The number of aryl methyl sites for hydroxylation is 1. The van der Waals surface area contributed by atoms with Gasteiger partial charge < -0.3 is 20.4 Å². The van der Waals surface area contributed by atoms with Crippen molar-refractivity contribution in [3.63, 3.8) is 0 Å². The zero-order valence-electron chi connectivity index (χ0n) is 35.0. The number of nitrogens with zero attached hydrogens (tertiary/aromatic N) is 8. The first-order valence-electron chi connectivity index (χ1n) is 21.1. The molecule has 3 fully saturated rings. The third-order valence-corrected chi connectivity index (χ3v) is 12.1. The van der Waals surface area contributed by atoms with Crippen molar-refractivity contribution in [1.29, 1.82) is 0 Å². The van der Waals surface area contributed by atoms with Crippen LogP contribution >= 0.6 is 0 Å². The lowest BCUT2D eigenvalue weighted by molar-refractivity contribution is -0.120. The topological polar surface area (TPSA) is 154 Å². The molecule has 0 bridgehead atoms. The van der Waals surface area contributed by atoms with Gasteiger partial charge in [0.05, 0.1) is 17.4 Å². The largest absolute Gasteiger partial charge is 0.372 e. The number of likely N-dealkylation sites (tertiary alicyclic amines) is 1. The summed E-state index contributed by atoms with van der Waals surface area (Å²) in [6.07, 6.45) is 8.46. The number of anilines is 4. The third-order valence-electron chi connectivity index (χ3n) is 12.1. The molecular formula is C46H55N11O3. The maximum Gasteiger partial charge on any atom is 0.328 e. The maximum absolute atomic E-state index is 12.7. The Morgan fingerprint density at radius 1 is 0.867 bits per heavy atom. The van der Waals surface area contributed by atoms with Gasteiger partial charge in [0.15, 0.2) is 5.69 Å². The molecule has 60 heavy (non-hydrogen) atoms. The maximum atomic E-state index is 12.7. The van der Waals surface area contributed by atoms with Crippen LogP contribution < -0.4 is 25.8 Å². The number of rotatable bonds is 11. The summed E-state index contributed by atoms with van der Waals surface area (Å²) in [4.78, 5) is 52.5. The van der Waals surface area contributed by atoms with E-state index in [4.69, 9.17) is 4.98 Å². The van der Waals surface area contributed by atoms with E-state index < -0.39 is 0 Å². The summed E-state index contributed by atoms with van der Waals surface area (Å²) in [6.45, 7) is 14.4. The average Bonchev–Trinajstić information content (AvgIpc) is 3.77. The average molecular weight is 810 g/mol. The highest BCUT2D eigenvalue weighted by Gasteiger charge is 2.27. The van der Waals surface area contributed by atoms with E-state index >= 15 is 0 Å². The van der Waals surface area contributed by atoms with Crippen molar-refractivity contribution in [1.82, 2.24) is 40.5 Å². The van der Waals surface area contributed by atoms with Gasteiger partial charge in [0.1, 0.15) is 0 Å². The molecule has 0 aliphatic carbocycles. The van der Waals surface area contributed by atoms with E-state index in [1.165, 1.54) is 24.1 Å². The molecule has 3 saturated heterocycles. The minimum Gasteiger partial charge on any atom is -0.372 e. The number of hydrogen-bond acceptors (Lipinski definition) is 10. The Balaban J connectivity index is 0.773. The highest BCUT2D eigenvalue weighted by atomic mass is 16.2. The number of piperidine rings is 2. The van der Waals surface area contributed by atoms with Gasteiger partial charge >= 0.3 is 6.03 Å². The molecule has 14 heteroatoms. The minimum absolute atomic E-state index is 0.215. The molecule has 0 radical (unpaired) electrons. The first kappa shape index (κ1) is 40.6. The lowest BCUT2D eigenvalue weighted by Gasteiger charge is -2.38. The van der Waals surface area contributed by atoms with Crippen LogP contribution in [0.1, 0.15) is 86.0 Å². The lowest BCUT2D eigenvalue weighted by atomic mass is 9.88. The van der Waals surface area contributed by atoms with Gasteiger partial charge in [-0.25, -0.2) is 19.4 Å². The molecule has 4 amide bonds. The van der Waals surface area contributed by atoms with E-state index in [-0.39, 0.29) is 23.4 Å². The second kappa shape index (κ2) is 17.6. The van der Waals surface area contributed by atoms with Gasteiger partial charge in [0.2, 0.25) is 11.9 Å². The Kier molecular flexibility index (Phi) is 11.9. The minimum atomic E-state index is -0.346. The quantitative estimate of drug-likeness (QED) is 0.127. The van der Waals surface area contributed by atoms with Crippen LogP contribution in [0.15, 0.2) is 85.2 Å². The molecule has 5 aromatic rings. The number of hydrogen-bond donors (Lipinski definition) is 3. The number of amides is 4. The lowest BCUT2D eigenvalue weighted by Crippen LogP contribution is -2.49. The van der Waals surface area contributed by atoms with Gasteiger partial charge in [-0.3, -0.25) is 19.8 Å². The van der Waals surface area contributed by atoms with Crippen LogP contribution in [0.4, 0.5) is 27.8 Å². The van der Waals surface area contributed by atoms with Crippen LogP contribution in [0.5, 0.6) is 0 Å². The van der Waals surface area contributed by atoms with E-state index in [0.29, 0.717) is 43.0 Å². The van der Waals surface area contributed by atoms with E-state index in [9.17, 15) is 14.4 Å². The number of imide groups is 1. The zero-order chi connectivity index (χ0) is 41.8. The second-order valence-electron chi connectivity index (χ2n) is 17.3. The third kappa shape index (κ3) is 9.65. The predicted molar refractivity (Wildman–Crippen MR) is 233 cm³/mol. The molecule has 3 aromatic carbocycles. The first-order valence-corrected chi connectivity index (χ1v) is 21.1. The molecule has 2 aromatic heterocycles. The highest BCUT2D eigenvalue weighted by Crippen LogP contribution is 2.32. The van der Waals surface area contributed by atoms with E-state index in [1.54, 1.807) is 22.0 Å². The normalized spacial score (nSPS) is 17.1. The van der Waals surface area contributed by atoms with Crippen LogP contribution in [-0.2, 0) is 16.9 Å². The molecule has 3 N–H and O–H groups in total. The summed E-state index contributed by atoms with van der Waals surface area (Å²) >= 11 is 0. The summed E-state index contributed by atoms with van der Waals surface area (Å²) < 4.78 is 1.69. The van der Waals surface area contributed by atoms with Crippen molar-refractivity contribution < 1.29 is 14.4 Å².